The SMILES string of the molecule is Clc1ccc2sc(C3CCN(Cc4ccnc(Cl)c4)CC3)nc2c1. The van der Waals surface area contributed by atoms with Gasteiger partial charge in [0.1, 0.15) is 5.15 Å². The van der Waals surface area contributed by atoms with Gasteiger partial charge in [-0.2, -0.15) is 0 Å². The summed E-state index contributed by atoms with van der Waals surface area (Å²) in [7, 11) is 0. The van der Waals surface area contributed by atoms with Gasteiger partial charge in [-0.1, -0.05) is 23.2 Å². The maximum Gasteiger partial charge on any atom is 0.129 e. The Kier molecular flexibility index (Phi) is 4.72. The fraction of sp³-hybridized carbons (Fsp3) is 0.333. The first-order chi connectivity index (χ1) is 11.7. The largest absolute Gasteiger partial charge is 0.299 e. The van der Waals surface area contributed by atoms with Gasteiger partial charge in [-0.3, -0.25) is 4.90 Å². The lowest BCUT2D eigenvalue weighted by Gasteiger charge is -2.31. The van der Waals surface area contributed by atoms with E-state index >= 15 is 0 Å². The van der Waals surface area contributed by atoms with Crippen molar-refractivity contribution in [3.63, 3.8) is 0 Å². The van der Waals surface area contributed by atoms with Crippen molar-refractivity contribution in [1.29, 1.82) is 0 Å². The molecule has 124 valence electrons. The predicted octanol–water partition coefficient (Wildman–Crippen LogP) is 5.38. The van der Waals surface area contributed by atoms with Crippen molar-refractivity contribution in [3.05, 3.63) is 57.3 Å². The van der Waals surface area contributed by atoms with E-state index in [1.54, 1.807) is 17.5 Å². The summed E-state index contributed by atoms with van der Waals surface area (Å²) in [5.41, 5.74) is 2.25. The normalized spacial score (nSPS) is 16.8. The molecular formula is C18H17Cl2N3S. The van der Waals surface area contributed by atoms with Gasteiger partial charge in [0, 0.05) is 23.7 Å². The van der Waals surface area contributed by atoms with E-state index in [-0.39, 0.29) is 0 Å². The maximum atomic E-state index is 6.07. The Labute approximate surface area is 155 Å². The molecule has 0 amide bonds. The van der Waals surface area contributed by atoms with Crippen LogP contribution in [-0.2, 0) is 6.54 Å². The number of rotatable bonds is 3. The molecule has 0 N–H and O–H groups in total. The molecule has 1 aliphatic rings. The maximum absolute atomic E-state index is 6.07. The summed E-state index contributed by atoms with van der Waals surface area (Å²) in [4.78, 5) is 11.3. The molecule has 0 bridgehead atoms. The molecule has 0 aliphatic carbocycles. The number of piperidine rings is 1. The second kappa shape index (κ2) is 6.96. The van der Waals surface area contributed by atoms with Crippen LogP contribution in [0.15, 0.2) is 36.5 Å². The van der Waals surface area contributed by atoms with Crippen LogP contribution in [0.3, 0.4) is 0 Å². The van der Waals surface area contributed by atoms with E-state index < -0.39 is 0 Å². The molecule has 0 saturated carbocycles. The van der Waals surface area contributed by atoms with E-state index in [1.807, 2.05) is 24.3 Å². The lowest BCUT2D eigenvalue weighted by atomic mass is 9.97. The minimum atomic E-state index is 0.554. The summed E-state index contributed by atoms with van der Waals surface area (Å²) in [6.07, 6.45) is 4.06. The highest BCUT2D eigenvalue weighted by Crippen LogP contribution is 2.35. The topological polar surface area (TPSA) is 29.0 Å². The molecule has 1 saturated heterocycles. The fourth-order valence-corrected chi connectivity index (χ4v) is 4.71. The molecule has 2 aromatic heterocycles. The Morgan fingerprint density at radius 3 is 2.75 bits per heavy atom. The third-order valence-corrected chi connectivity index (χ3v) is 6.14. The second-order valence-electron chi connectivity index (χ2n) is 6.20. The molecule has 1 fully saturated rings. The number of halogens is 2. The summed E-state index contributed by atoms with van der Waals surface area (Å²) in [5, 5.41) is 2.57. The van der Waals surface area contributed by atoms with Crippen molar-refractivity contribution >= 4 is 44.8 Å². The molecule has 1 aliphatic heterocycles. The Bertz CT molecular complexity index is 856. The van der Waals surface area contributed by atoms with E-state index in [1.165, 1.54) is 15.3 Å². The Balaban J connectivity index is 1.41. The number of benzene rings is 1. The summed E-state index contributed by atoms with van der Waals surface area (Å²) in [6.45, 7) is 3.10. The number of fused-ring (bicyclic) bond motifs is 1. The first-order valence-electron chi connectivity index (χ1n) is 8.06. The first-order valence-corrected chi connectivity index (χ1v) is 9.63. The molecule has 4 rings (SSSR count). The molecule has 0 atom stereocenters. The highest BCUT2D eigenvalue weighted by atomic mass is 35.5. The average Bonchev–Trinajstić information content (AvgIpc) is 2.98. The lowest BCUT2D eigenvalue weighted by Crippen LogP contribution is -2.32. The van der Waals surface area contributed by atoms with Gasteiger partial charge in [0.05, 0.1) is 15.2 Å². The first kappa shape index (κ1) is 16.3. The molecule has 3 heterocycles. The van der Waals surface area contributed by atoms with Crippen molar-refractivity contribution < 1.29 is 0 Å². The monoisotopic (exact) mass is 377 g/mol. The number of hydrogen-bond donors (Lipinski definition) is 0. The minimum Gasteiger partial charge on any atom is -0.299 e. The zero-order valence-corrected chi connectivity index (χ0v) is 15.4. The number of thiazole rings is 1. The van der Waals surface area contributed by atoms with Gasteiger partial charge in [0.25, 0.3) is 0 Å². The highest BCUT2D eigenvalue weighted by molar-refractivity contribution is 7.18. The molecule has 0 unspecified atom stereocenters. The molecule has 0 radical (unpaired) electrons. The Hall–Kier alpha value is -1.20. The molecule has 24 heavy (non-hydrogen) atoms. The van der Waals surface area contributed by atoms with Crippen LogP contribution < -0.4 is 0 Å². The molecule has 6 heteroatoms. The van der Waals surface area contributed by atoms with Crippen LogP contribution in [0.25, 0.3) is 10.2 Å². The number of hydrogen-bond acceptors (Lipinski definition) is 4. The zero-order valence-electron chi connectivity index (χ0n) is 13.1. The number of pyridine rings is 1. The minimum absolute atomic E-state index is 0.554. The van der Waals surface area contributed by atoms with Crippen LogP contribution in [0.5, 0.6) is 0 Å². The van der Waals surface area contributed by atoms with Crippen molar-refractivity contribution in [2.75, 3.05) is 13.1 Å². The smallest absolute Gasteiger partial charge is 0.129 e. The van der Waals surface area contributed by atoms with Gasteiger partial charge in [0.15, 0.2) is 0 Å². The summed E-state index contributed by atoms with van der Waals surface area (Å²) in [5.74, 6) is 0.554. The number of nitrogens with zero attached hydrogens (tertiary/aromatic N) is 3. The van der Waals surface area contributed by atoms with Gasteiger partial charge in [-0.25, -0.2) is 9.97 Å². The van der Waals surface area contributed by atoms with Crippen molar-refractivity contribution in [2.24, 2.45) is 0 Å². The van der Waals surface area contributed by atoms with Crippen molar-refractivity contribution in [2.45, 2.75) is 25.3 Å². The van der Waals surface area contributed by atoms with Gasteiger partial charge in [-0.05, 0) is 61.8 Å². The van der Waals surface area contributed by atoms with Crippen LogP contribution in [0.2, 0.25) is 10.2 Å². The second-order valence-corrected chi connectivity index (χ2v) is 8.09. The summed E-state index contributed by atoms with van der Waals surface area (Å²) < 4.78 is 1.23. The van der Waals surface area contributed by atoms with Gasteiger partial charge >= 0.3 is 0 Å². The lowest BCUT2D eigenvalue weighted by molar-refractivity contribution is 0.204. The quantitative estimate of drug-likeness (QED) is 0.573. The summed E-state index contributed by atoms with van der Waals surface area (Å²) in [6, 6.07) is 9.95. The average molecular weight is 378 g/mol. The van der Waals surface area contributed by atoms with Crippen LogP contribution in [0.4, 0.5) is 0 Å². The van der Waals surface area contributed by atoms with E-state index in [2.05, 4.69) is 16.0 Å². The van der Waals surface area contributed by atoms with Gasteiger partial charge in [0.2, 0.25) is 0 Å². The van der Waals surface area contributed by atoms with E-state index in [4.69, 9.17) is 28.2 Å². The van der Waals surface area contributed by atoms with Crippen molar-refractivity contribution in [3.8, 4) is 0 Å². The predicted molar refractivity (Wildman–Crippen MR) is 101 cm³/mol. The number of aromatic nitrogens is 2. The van der Waals surface area contributed by atoms with E-state index in [9.17, 15) is 0 Å². The Morgan fingerprint density at radius 2 is 1.96 bits per heavy atom. The standard InChI is InChI=1S/C18H17Cl2N3S/c19-14-1-2-16-15(10-14)22-18(24-16)13-4-7-23(8-5-13)11-12-3-6-21-17(20)9-12/h1-3,6,9-10,13H,4-5,7-8,11H2. The number of likely N-dealkylation sites (tertiary alicyclic amines) is 1. The van der Waals surface area contributed by atoms with E-state index in [0.29, 0.717) is 11.1 Å². The Morgan fingerprint density at radius 1 is 1.12 bits per heavy atom. The fourth-order valence-electron chi connectivity index (χ4n) is 3.23. The van der Waals surface area contributed by atoms with Gasteiger partial charge < -0.3 is 0 Å². The third-order valence-electron chi connectivity index (χ3n) is 4.50. The zero-order chi connectivity index (χ0) is 16.5. The van der Waals surface area contributed by atoms with E-state index in [0.717, 1.165) is 43.0 Å². The molecular weight excluding hydrogens is 361 g/mol. The molecule has 1 aromatic carbocycles. The molecule has 3 aromatic rings. The molecule has 3 nitrogen and oxygen atoms in total. The van der Waals surface area contributed by atoms with Crippen LogP contribution in [0, 0.1) is 0 Å². The highest BCUT2D eigenvalue weighted by Gasteiger charge is 2.23. The summed E-state index contributed by atoms with van der Waals surface area (Å²) >= 11 is 13.8. The third kappa shape index (κ3) is 3.57. The van der Waals surface area contributed by atoms with Crippen LogP contribution in [-0.4, -0.2) is 28.0 Å². The van der Waals surface area contributed by atoms with Gasteiger partial charge in [-0.15, -0.1) is 11.3 Å². The van der Waals surface area contributed by atoms with Crippen molar-refractivity contribution in [1.82, 2.24) is 14.9 Å². The van der Waals surface area contributed by atoms with Crippen LogP contribution in [0.1, 0.15) is 29.3 Å². The van der Waals surface area contributed by atoms with Crippen LogP contribution >= 0.6 is 34.5 Å². The molecule has 0 spiro atoms.